The molecular formula is C21H18F5N5O3S. The summed E-state index contributed by atoms with van der Waals surface area (Å²) in [5, 5.41) is 10.2. The van der Waals surface area contributed by atoms with Gasteiger partial charge >= 0.3 is 6.36 Å². The van der Waals surface area contributed by atoms with Crippen LogP contribution in [0.3, 0.4) is 0 Å². The number of ether oxygens (including phenoxy) is 1. The highest BCUT2D eigenvalue weighted by atomic mass is 32.2. The van der Waals surface area contributed by atoms with E-state index in [1.54, 1.807) is 4.57 Å². The summed E-state index contributed by atoms with van der Waals surface area (Å²) in [6.45, 7) is -2.50. The molecule has 0 bridgehead atoms. The summed E-state index contributed by atoms with van der Waals surface area (Å²) in [6, 6.07) is 3.96. The molecule has 35 heavy (non-hydrogen) atoms. The Bertz CT molecular complexity index is 1380. The summed E-state index contributed by atoms with van der Waals surface area (Å²) in [7, 11) is -4.32. The van der Waals surface area contributed by atoms with E-state index in [0.717, 1.165) is 24.9 Å². The highest BCUT2D eigenvalue weighted by molar-refractivity contribution is 7.89. The number of alkyl halides is 5. The van der Waals surface area contributed by atoms with Crippen molar-refractivity contribution in [2.75, 3.05) is 13.3 Å². The van der Waals surface area contributed by atoms with Gasteiger partial charge < -0.3 is 9.30 Å². The first-order valence-corrected chi connectivity index (χ1v) is 11.9. The molecule has 8 nitrogen and oxygen atoms in total. The van der Waals surface area contributed by atoms with Crippen LogP contribution in [0.2, 0.25) is 0 Å². The SMILES string of the molecule is N#Cc1c(-c2ncc(S(=O)(=O)NC(CF)CF)cn2)n(C2CCC2)c2cc(OC(F)(F)F)ccc12. The van der Waals surface area contributed by atoms with Crippen LogP contribution in [0.1, 0.15) is 30.9 Å². The summed E-state index contributed by atoms with van der Waals surface area (Å²) >= 11 is 0. The molecule has 0 atom stereocenters. The number of aromatic nitrogens is 3. The zero-order chi connectivity index (χ0) is 25.4. The van der Waals surface area contributed by atoms with Crippen molar-refractivity contribution in [1.29, 1.82) is 5.26 Å². The Morgan fingerprint density at radius 1 is 1.20 bits per heavy atom. The van der Waals surface area contributed by atoms with E-state index in [4.69, 9.17) is 0 Å². The summed E-state index contributed by atoms with van der Waals surface area (Å²) in [5.74, 6) is -0.489. The third-order valence-electron chi connectivity index (χ3n) is 5.61. The molecule has 0 amide bonds. The maximum Gasteiger partial charge on any atom is 0.573 e. The minimum absolute atomic E-state index is 0.0329. The number of nitriles is 1. The van der Waals surface area contributed by atoms with E-state index in [1.165, 1.54) is 12.1 Å². The van der Waals surface area contributed by atoms with Crippen molar-refractivity contribution in [1.82, 2.24) is 19.3 Å². The van der Waals surface area contributed by atoms with Crippen LogP contribution in [0.15, 0.2) is 35.5 Å². The third kappa shape index (κ3) is 4.92. The van der Waals surface area contributed by atoms with E-state index in [9.17, 15) is 35.6 Å². The quantitative estimate of drug-likeness (QED) is 0.451. The zero-order valence-corrected chi connectivity index (χ0v) is 18.7. The Balaban J connectivity index is 1.82. The molecule has 4 rings (SSSR count). The average Bonchev–Trinajstić information content (AvgIpc) is 3.08. The number of hydrogen-bond donors (Lipinski definition) is 1. The number of hydrogen-bond acceptors (Lipinski definition) is 6. The van der Waals surface area contributed by atoms with Crippen LogP contribution >= 0.6 is 0 Å². The molecule has 1 N–H and O–H groups in total. The summed E-state index contributed by atoms with van der Waals surface area (Å²) in [6.07, 6.45) is -0.754. The second kappa shape index (κ2) is 9.38. The zero-order valence-electron chi connectivity index (χ0n) is 17.9. The highest BCUT2D eigenvalue weighted by Crippen LogP contribution is 2.42. The fourth-order valence-electron chi connectivity index (χ4n) is 3.81. The van der Waals surface area contributed by atoms with Crippen molar-refractivity contribution in [3.8, 4) is 23.3 Å². The molecule has 0 spiro atoms. The Morgan fingerprint density at radius 3 is 2.37 bits per heavy atom. The lowest BCUT2D eigenvalue weighted by Gasteiger charge is -2.29. The molecule has 1 fully saturated rings. The number of benzene rings is 1. The van der Waals surface area contributed by atoms with Gasteiger partial charge in [0.2, 0.25) is 10.0 Å². The molecule has 1 saturated carbocycles. The van der Waals surface area contributed by atoms with E-state index in [2.05, 4.69) is 14.7 Å². The number of halogens is 5. The van der Waals surface area contributed by atoms with Crippen molar-refractivity contribution in [3.63, 3.8) is 0 Å². The molecular weight excluding hydrogens is 497 g/mol. The van der Waals surface area contributed by atoms with Crippen molar-refractivity contribution < 1.29 is 35.1 Å². The minimum atomic E-state index is -4.90. The standard InChI is InChI=1S/C21H18F5N5O3S/c22-7-12(8-23)30-35(32,33)15-10-28-20(29-11-15)19-17(9-27)16-5-4-14(34-21(24,25)26)6-18(16)31(19)13-2-1-3-13/h4-6,10-13,30H,1-3,7-8H2. The first kappa shape index (κ1) is 24.8. The Labute approximate surface area is 196 Å². The van der Waals surface area contributed by atoms with Crippen LogP contribution in [-0.2, 0) is 10.0 Å². The molecule has 3 aromatic rings. The smallest absolute Gasteiger partial charge is 0.406 e. The van der Waals surface area contributed by atoms with E-state index >= 15 is 0 Å². The normalized spacial score (nSPS) is 14.8. The number of nitrogens with one attached hydrogen (secondary N) is 1. The van der Waals surface area contributed by atoms with E-state index in [0.29, 0.717) is 23.7 Å². The Hall–Kier alpha value is -3.31. The maximum atomic E-state index is 12.8. The maximum absolute atomic E-state index is 12.8. The van der Waals surface area contributed by atoms with Gasteiger partial charge in [-0.1, -0.05) is 0 Å². The molecule has 2 heterocycles. The third-order valence-corrected chi connectivity index (χ3v) is 7.08. The average molecular weight is 515 g/mol. The van der Waals surface area contributed by atoms with Gasteiger partial charge in [-0.25, -0.2) is 31.9 Å². The Morgan fingerprint density at radius 2 is 1.86 bits per heavy atom. The van der Waals surface area contributed by atoms with Crippen LogP contribution in [-0.4, -0.2) is 48.7 Å². The molecule has 0 saturated heterocycles. The first-order valence-electron chi connectivity index (χ1n) is 10.4. The second-order valence-electron chi connectivity index (χ2n) is 7.89. The van der Waals surface area contributed by atoms with Gasteiger partial charge in [-0.3, -0.25) is 0 Å². The summed E-state index contributed by atoms with van der Waals surface area (Å²) in [5.41, 5.74) is 0.645. The fourth-order valence-corrected chi connectivity index (χ4v) is 4.90. The molecule has 1 aromatic carbocycles. The molecule has 186 valence electrons. The second-order valence-corrected chi connectivity index (χ2v) is 9.60. The van der Waals surface area contributed by atoms with Crippen molar-refractivity contribution >= 4 is 20.9 Å². The Kier molecular flexibility index (Phi) is 6.65. The largest absolute Gasteiger partial charge is 0.573 e. The lowest BCUT2D eigenvalue weighted by Crippen LogP contribution is -2.38. The van der Waals surface area contributed by atoms with Gasteiger partial charge in [0.05, 0.1) is 29.5 Å². The molecule has 0 unspecified atom stereocenters. The van der Waals surface area contributed by atoms with E-state index < -0.39 is 46.4 Å². The molecule has 0 aliphatic heterocycles. The van der Waals surface area contributed by atoms with E-state index in [-0.39, 0.29) is 23.1 Å². The minimum Gasteiger partial charge on any atom is -0.406 e. The fraction of sp³-hybridized carbons (Fsp3) is 0.381. The molecule has 0 radical (unpaired) electrons. The molecule has 1 aliphatic rings. The topological polar surface area (TPSA) is 110 Å². The number of nitrogens with zero attached hydrogens (tertiary/aromatic N) is 4. The predicted octanol–water partition coefficient (Wildman–Crippen LogP) is 4.18. The van der Waals surface area contributed by atoms with Crippen LogP contribution in [0.25, 0.3) is 22.4 Å². The first-order chi connectivity index (χ1) is 16.6. The van der Waals surface area contributed by atoms with Crippen LogP contribution in [0.5, 0.6) is 5.75 Å². The number of fused-ring (bicyclic) bond motifs is 1. The van der Waals surface area contributed by atoms with Crippen molar-refractivity contribution in [3.05, 3.63) is 36.2 Å². The number of sulfonamides is 1. The lowest BCUT2D eigenvalue weighted by molar-refractivity contribution is -0.274. The lowest BCUT2D eigenvalue weighted by atomic mass is 9.92. The van der Waals surface area contributed by atoms with Crippen molar-refractivity contribution in [2.45, 2.75) is 42.6 Å². The van der Waals surface area contributed by atoms with E-state index in [1.807, 2.05) is 10.8 Å². The van der Waals surface area contributed by atoms with Crippen LogP contribution in [0, 0.1) is 11.3 Å². The van der Waals surface area contributed by atoms with Gasteiger partial charge in [0, 0.05) is 17.5 Å². The highest BCUT2D eigenvalue weighted by Gasteiger charge is 2.33. The van der Waals surface area contributed by atoms with Crippen molar-refractivity contribution in [2.24, 2.45) is 0 Å². The van der Waals surface area contributed by atoms with Gasteiger partial charge in [0.25, 0.3) is 0 Å². The van der Waals surface area contributed by atoms with Crippen LogP contribution in [0.4, 0.5) is 22.0 Å². The van der Waals surface area contributed by atoms with Gasteiger partial charge in [0.1, 0.15) is 35.8 Å². The monoisotopic (exact) mass is 515 g/mol. The van der Waals surface area contributed by atoms with Crippen LogP contribution < -0.4 is 9.46 Å². The van der Waals surface area contributed by atoms with Gasteiger partial charge in [-0.2, -0.15) is 5.26 Å². The molecule has 14 heteroatoms. The number of rotatable bonds is 8. The molecule has 1 aliphatic carbocycles. The summed E-state index contributed by atoms with van der Waals surface area (Å²) < 4.78 is 96.1. The molecule has 2 aromatic heterocycles. The van der Waals surface area contributed by atoms with Gasteiger partial charge in [-0.05, 0) is 31.4 Å². The summed E-state index contributed by atoms with van der Waals surface area (Å²) in [4.78, 5) is 7.68. The van der Waals surface area contributed by atoms with Gasteiger partial charge in [-0.15, -0.1) is 13.2 Å². The predicted molar refractivity (Wildman–Crippen MR) is 113 cm³/mol. The van der Waals surface area contributed by atoms with Gasteiger partial charge in [0.15, 0.2) is 5.82 Å².